The van der Waals surface area contributed by atoms with E-state index in [9.17, 15) is 9.59 Å². The second kappa shape index (κ2) is 10.4. The van der Waals surface area contributed by atoms with Gasteiger partial charge in [-0.1, -0.05) is 61.0 Å². The third kappa shape index (κ3) is 7.54. The Balaban J connectivity index is 2.21. The fraction of sp³-hybridized carbons (Fsp3) is 0.417. The molecule has 0 heterocycles. The van der Waals surface area contributed by atoms with E-state index in [1.807, 2.05) is 70.2 Å². The number of rotatable bonds is 8. The lowest BCUT2D eigenvalue weighted by Crippen LogP contribution is -2.54. The minimum absolute atomic E-state index is 0.0563. The van der Waals surface area contributed by atoms with Crippen LogP contribution in [0.4, 0.5) is 0 Å². The quantitative estimate of drug-likeness (QED) is 0.683. The van der Waals surface area contributed by atoms with Crippen molar-refractivity contribution in [2.45, 2.75) is 58.5 Å². The van der Waals surface area contributed by atoms with E-state index in [0.717, 1.165) is 11.1 Å². The summed E-state index contributed by atoms with van der Waals surface area (Å²) in [4.78, 5) is 27.8. The number of carbonyl (C=O) groups is 2. The summed E-state index contributed by atoms with van der Waals surface area (Å²) in [5.41, 5.74) is 1.67. The Kier molecular flexibility index (Phi) is 8.27. The van der Waals surface area contributed by atoms with Crippen LogP contribution in [0.25, 0.3) is 0 Å². The first-order valence-corrected chi connectivity index (χ1v) is 10.5. The summed E-state index contributed by atoms with van der Waals surface area (Å²) in [6.45, 7) is 8.27. The van der Waals surface area contributed by atoms with E-state index < -0.39 is 6.04 Å². The van der Waals surface area contributed by atoms with E-state index in [-0.39, 0.29) is 23.8 Å². The summed E-state index contributed by atoms with van der Waals surface area (Å²) in [5, 5.41) is 3.66. The molecular formula is C24H31ClN2O2. The molecule has 5 heteroatoms. The highest BCUT2D eigenvalue weighted by atomic mass is 35.5. The molecule has 0 aliphatic heterocycles. The van der Waals surface area contributed by atoms with Crippen molar-refractivity contribution in [2.24, 2.45) is 0 Å². The van der Waals surface area contributed by atoms with E-state index in [2.05, 4.69) is 5.32 Å². The first kappa shape index (κ1) is 23.0. The summed E-state index contributed by atoms with van der Waals surface area (Å²) in [5.74, 6) is -0.170. The highest BCUT2D eigenvalue weighted by Gasteiger charge is 2.30. The molecule has 0 radical (unpaired) electrons. The minimum atomic E-state index is -0.502. The van der Waals surface area contributed by atoms with Gasteiger partial charge in [-0.15, -0.1) is 0 Å². The van der Waals surface area contributed by atoms with Crippen LogP contribution in [0.2, 0.25) is 5.02 Å². The van der Waals surface area contributed by atoms with E-state index in [1.54, 1.807) is 17.0 Å². The van der Waals surface area contributed by atoms with Gasteiger partial charge in [-0.05, 0) is 56.9 Å². The molecular weight excluding hydrogens is 384 g/mol. The van der Waals surface area contributed by atoms with E-state index in [4.69, 9.17) is 11.6 Å². The van der Waals surface area contributed by atoms with Crippen LogP contribution in [0.1, 0.15) is 45.2 Å². The van der Waals surface area contributed by atoms with Crippen molar-refractivity contribution >= 4 is 23.4 Å². The first-order valence-electron chi connectivity index (χ1n) is 10.1. The molecule has 0 aliphatic carbocycles. The zero-order valence-corrected chi connectivity index (χ0v) is 18.5. The molecule has 0 fully saturated rings. The van der Waals surface area contributed by atoms with E-state index in [0.29, 0.717) is 24.4 Å². The van der Waals surface area contributed by atoms with Crippen LogP contribution in [-0.2, 0) is 22.4 Å². The van der Waals surface area contributed by atoms with Gasteiger partial charge in [0.15, 0.2) is 0 Å². The van der Waals surface area contributed by atoms with Gasteiger partial charge >= 0.3 is 0 Å². The molecule has 1 atom stereocenters. The Morgan fingerprint density at radius 1 is 1.00 bits per heavy atom. The predicted molar refractivity (Wildman–Crippen MR) is 119 cm³/mol. The maximum atomic E-state index is 13.2. The molecule has 4 nitrogen and oxygen atoms in total. The Labute approximate surface area is 179 Å². The Morgan fingerprint density at radius 3 is 2.17 bits per heavy atom. The predicted octanol–water partition coefficient (Wildman–Crippen LogP) is 4.65. The molecule has 0 spiro atoms. The van der Waals surface area contributed by atoms with Gasteiger partial charge in [0.25, 0.3) is 0 Å². The van der Waals surface area contributed by atoms with Crippen LogP contribution in [0, 0.1) is 0 Å². The zero-order chi connectivity index (χ0) is 21.4. The highest BCUT2D eigenvalue weighted by molar-refractivity contribution is 6.30. The van der Waals surface area contributed by atoms with Crippen molar-refractivity contribution in [3.63, 3.8) is 0 Å². The number of nitrogens with zero attached hydrogens (tertiary/aromatic N) is 1. The molecule has 29 heavy (non-hydrogen) atoms. The SMILES string of the molecule is CC[C@@H](C(=O)NC(C)(C)C)N(CCc1ccccc1)C(=O)Cc1ccc(Cl)cc1. The maximum absolute atomic E-state index is 13.2. The van der Waals surface area contributed by atoms with Crippen molar-refractivity contribution < 1.29 is 9.59 Å². The molecule has 0 unspecified atom stereocenters. The molecule has 0 bridgehead atoms. The van der Waals surface area contributed by atoms with Crippen LogP contribution in [0.3, 0.4) is 0 Å². The number of halogens is 1. The van der Waals surface area contributed by atoms with Gasteiger partial charge in [-0.2, -0.15) is 0 Å². The summed E-state index contributed by atoms with van der Waals surface area (Å²) < 4.78 is 0. The van der Waals surface area contributed by atoms with Crippen molar-refractivity contribution in [2.75, 3.05) is 6.54 Å². The van der Waals surface area contributed by atoms with Gasteiger partial charge in [-0.3, -0.25) is 9.59 Å². The smallest absolute Gasteiger partial charge is 0.243 e. The van der Waals surface area contributed by atoms with Gasteiger partial charge in [0, 0.05) is 17.1 Å². The lowest BCUT2D eigenvalue weighted by Gasteiger charge is -2.33. The van der Waals surface area contributed by atoms with Gasteiger partial charge < -0.3 is 10.2 Å². The van der Waals surface area contributed by atoms with Crippen LogP contribution >= 0.6 is 11.6 Å². The monoisotopic (exact) mass is 414 g/mol. The van der Waals surface area contributed by atoms with Gasteiger partial charge in [0.2, 0.25) is 11.8 Å². The third-order valence-electron chi connectivity index (χ3n) is 4.64. The molecule has 2 amide bonds. The fourth-order valence-electron chi connectivity index (χ4n) is 3.23. The van der Waals surface area contributed by atoms with Crippen molar-refractivity contribution in [3.8, 4) is 0 Å². The van der Waals surface area contributed by atoms with Crippen LogP contribution in [0.5, 0.6) is 0 Å². The largest absolute Gasteiger partial charge is 0.350 e. The summed E-state index contributed by atoms with van der Waals surface area (Å²) in [7, 11) is 0. The first-order chi connectivity index (χ1) is 13.7. The number of amides is 2. The summed E-state index contributed by atoms with van der Waals surface area (Å²) in [6, 6.07) is 16.8. The molecule has 0 aromatic heterocycles. The van der Waals surface area contributed by atoms with Gasteiger partial charge in [-0.25, -0.2) is 0 Å². The van der Waals surface area contributed by atoms with Crippen molar-refractivity contribution in [1.82, 2.24) is 10.2 Å². The molecule has 2 aromatic carbocycles. The Hall–Kier alpha value is -2.33. The molecule has 2 aromatic rings. The second-order valence-corrected chi connectivity index (χ2v) is 8.73. The van der Waals surface area contributed by atoms with Gasteiger partial charge in [0.05, 0.1) is 6.42 Å². The number of hydrogen-bond acceptors (Lipinski definition) is 2. The summed E-state index contributed by atoms with van der Waals surface area (Å²) >= 11 is 5.96. The summed E-state index contributed by atoms with van der Waals surface area (Å²) in [6.07, 6.45) is 1.50. The van der Waals surface area contributed by atoms with Crippen molar-refractivity contribution in [3.05, 3.63) is 70.7 Å². The molecule has 1 N–H and O–H groups in total. The number of benzene rings is 2. The van der Waals surface area contributed by atoms with E-state index in [1.165, 1.54) is 0 Å². The van der Waals surface area contributed by atoms with Gasteiger partial charge in [0.1, 0.15) is 6.04 Å². The third-order valence-corrected chi connectivity index (χ3v) is 4.89. The number of nitrogens with one attached hydrogen (secondary N) is 1. The minimum Gasteiger partial charge on any atom is -0.350 e. The van der Waals surface area contributed by atoms with E-state index >= 15 is 0 Å². The highest BCUT2D eigenvalue weighted by Crippen LogP contribution is 2.15. The molecule has 0 saturated heterocycles. The Bertz CT molecular complexity index is 798. The van der Waals surface area contributed by atoms with Crippen LogP contribution in [0.15, 0.2) is 54.6 Å². The van der Waals surface area contributed by atoms with Crippen LogP contribution < -0.4 is 5.32 Å². The van der Waals surface area contributed by atoms with Crippen LogP contribution in [-0.4, -0.2) is 34.8 Å². The molecule has 2 rings (SSSR count). The topological polar surface area (TPSA) is 49.4 Å². The number of hydrogen-bond donors (Lipinski definition) is 1. The standard InChI is InChI=1S/C24H31ClN2O2/c1-5-21(23(29)26-24(2,3)4)27(16-15-18-9-7-6-8-10-18)22(28)17-19-11-13-20(25)14-12-19/h6-14,21H,5,15-17H2,1-4H3,(H,26,29)/t21-/m0/s1. The second-order valence-electron chi connectivity index (χ2n) is 8.29. The molecule has 0 aliphatic rings. The zero-order valence-electron chi connectivity index (χ0n) is 17.7. The maximum Gasteiger partial charge on any atom is 0.243 e. The average Bonchev–Trinajstić information content (AvgIpc) is 2.66. The average molecular weight is 415 g/mol. The lowest BCUT2D eigenvalue weighted by molar-refractivity contribution is -0.140. The van der Waals surface area contributed by atoms with Crippen molar-refractivity contribution in [1.29, 1.82) is 0 Å². The fourth-order valence-corrected chi connectivity index (χ4v) is 3.35. The Morgan fingerprint density at radius 2 is 1.62 bits per heavy atom. The normalized spacial score (nSPS) is 12.3. The molecule has 156 valence electrons. The molecule has 0 saturated carbocycles. The lowest BCUT2D eigenvalue weighted by atomic mass is 10.0. The number of carbonyl (C=O) groups excluding carboxylic acids is 2.